The number of benzene rings is 1. The molecule has 1 rings (SSSR count). The van der Waals surface area contributed by atoms with Crippen molar-refractivity contribution in [3.63, 3.8) is 0 Å². The number of halogens is 1. The molecule has 1 aromatic rings. The van der Waals surface area contributed by atoms with Gasteiger partial charge in [-0.2, -0.15) is 0 Å². The largest absolute Gasteiger partial charge is 0.318 e. The van der Waals surface area contributed by atoms with E-state index in [2.05, 4.69) is 10.6 Å². The highest BCUT2D eigenvalue weighted by molar-refractivity contribution is 5.23. The molecule has 3 heteroatoms. The van der Waals surface area contributed by atoms with Crippen molar-refractivity contribution in [3.05, 3.63) is 35.1 Å². The smallest absolute Gasteiger partial charge is 0.127 e. The fraction of sp³-hybridized carbons (Fsp3) is 0.455. The molecule has 0 heterocycles. The number of nitrogens with one attached hydrogen (secondary N) is 2. The van der Waals surface area contributed by atoms with Crippen LogP contribution in [0.25, 0.3) is 0 Å². The van der Waals surface area contributed by atoms with Crippen LogP contribution in [-0.4, -0.2) is 20.1 Å². The lowest BCUT2D eigenvalue weighted by Gasteiger charge is -2.06. The Morgan fingerprint density at radius 1 is 1.29 bits per heavy atom. The summed E-state index contributed by atoms with van der Waals surface area (Å²) in [5, 5.41) is 6.18. The molecule has 2 nitrogen and oxygen atoms in total. The van der Waals surface area contributed by atoms with Gasteiger partial charge < -0.3 is 10.6 Å². The molecule has 0 saturated carbocycles. The van der Waals surface area contributed by atoms with Crippen LogP contribution in [0.4, 0.5) is 4.39 Å². The van der Waals surface area contributed by atoms with Crippen molar-refractivity contribution in [2.24, 2.45) is 0 Å². The molecule has 1 aromatic carbocycles. The zero-order chi connectivity index (χ0) is 10.4. The number of aryl methyl sites for hydroxylation is 1. The Morgan fingerprint density at radius 2 is 2.07 bits per heavy atom. The van der Waals surface area contributed by atoms with Crippen LogP contribution in [0.5, 0.6) is 0 Å². The second kappa shape index (κ2) is 5.73. The lowest BCUT2D eigenvalue weighted by molar-refractivity contribution is 0.582. The minimum absolute atomic E-state index is 0.123. The van der Waals surface area contributed by atoms with Crippen LogP contribution in [0.2, 0.25) is 0 Å². The summed E-state index contributed by atoms with van der Waals surface area (Å²) in [4.78, 5) is 0. The lowest BCUT2D eigenvalue weighted by Crippen LogP contribution is -2.24. The summed E-state index contributed by atoms with van der Waals surface area (Å²) in [5.41, 5.74) is 1.69. The van der Waals surface area contributed by atoms with E-state index in [4.69, 9.17) is 0 Å². The van der Waals surface area contributed by atoms with Crippen LogP contribution in [0, 0.1) is 12.7 Å². The van der Waals surface area contributed by atoms with Gasteiger partial charge in [-0.05, 0) is 25.6 Å². The topological polar surface area (TPSA) is 24.1 Å². The van der Waals surface area contributed by atoms with Gasteiger partial charge in [0.2, 0.25) is 0 Å². The van der Waals surface area contributed by atoms with Crippen molar-refractivity contribution >= 4 is 0 Å². The van der Waals surface area contributed by atoms with Crippen molar-refractivity contribution in [2.75, 3.05) is 20.1 Å². The zero-order valence-electron chi connectivity index (χ0n) is 8.73. The van der Waals surface area contributed by atoms with Gasteiger partial charge in [-0.25, -0.2) is 4.39 Å². The van der Waals surface area contributed by atoms with Gasteiger partial charge in [0.1, 0.15) is 5.82 Å². The molecule has 0 atom stereocenters. The van der Waals surface area contributed by atoms with Crippen molar-refractivity contribution in [2.45, 2.75) is 13.5 Å². The normalized spacial score (nSPS) is 10.5. The van der Waals surface area contributed by atoms with Gasteiger partial charge in [-0.1, -0.05) is 12.1 Å². The van der Waals surface area contributed by atoms with Gasteiger partial charge in [0, 0.05) is 25.2 Å². The summed E-state index contributed by atoms with van der Waals surface area (Å²) in [6.07, 6.45) is 0. The Labute approximate surface area is 84.5 Å². The molecule has 0 aliphatic rings. The third-order valence-corrected chi connectivity index (χ3v) is 2.08. The van der Waals surface area contributed by atoms with E-state index in [0.29, 0.717) is 6.54 Å². The van der Waals surface area contributed by atoms with E-state index in [9.17, 15) is 4.39 Å². The van der Waals surface area contributed by atoms with Crippen LogP contribution in [0.3, 0.4) is 0 Å². The zero-order valence-corrected chi connectivity index (χ0v) is 8.73. The van der Waals surface area contributed by atoms with E-state index in [1.165, 1.54) is 0 Å². The Kier molecular flexibility index (Phi) is 4.56. The standard InChI is InChI=1S/C11H17FN2/c1-9-3-4-10(11(12)7-9)8-14-6-5-13-2/h3-4,7,13-14H,5-6,8H2,1-2H3. The summed E-state index contributed by atoms with van der Waals surface area (Å²) < 4.78 is 13.3. The molecule has 0 aromatic heterocycles. The average molecular weight is 196 g/mol. The highest BCUT2D eigenvalue weighted by Gasteiger charge is 2.00. The van der Waals surface area contributed by atoms with Gasteiger partial charge in [0.15, 0.2) is 0 Å². The lowest BCUT2D eigenvalue weighted by atomic mass is 10.1. The second-order valence-corrected chi connectivity index (χ2v) is 3.38. The first kappa shape index (κ1) is 11.1. The van der Waals surface area contributed by atoms with Gasteiger partial charge in [-0.3, -0.25) is 0 Å². The maximum absolute atomic E-state index is 13.3. The average Bonchev–Trinajstić information content (AvgIpc) is 2.15. The first-order valence-electron chi connectivity index (χ1n) is 4.84. The van der Waals surface area contributed by atoms with Crippen LogP contribution in [-0.2, 0) is 6.54 Å². The molecule has 0 bridgehead atoms. The first-order chi connectivity index (χ1) is 6.74. The summed E-state index contributed by atoms with van der Waals surface area (Å²) in [7, 11) is 1.90. The summed E-state index contributed by atoms with van der Waals surface area (Å²) >= 11 is 0. The predicted octanol–water partition coefficient (Wildman–Crippen LogP) is 1.44. The van der Waals surface area contributed by atoms with Crippen molar-refractivity contribution in [3.8, 4) is 0 Å². The SMILES string of the molecule is CNCCNCc1ccc(C)cc1F. The molecular weight excluding hydrogens is 179 g/mol. The van der Waals surface area contributed by atoms with E-state index in [-0.39, 0.29) is 5.82 Å². The first-order valence-corrected chi connectivity index (χ1v) is 4.84. The minimum atomic E-state index is -0.123. The maximum atomic E-state index is 13.3. The Bertz CT molecular complexity index is 287. The number of hydrogen-bond acceptors (Lipinski definition) is 2. The Morgan fingerprint density at radius 3 is 2.71 bits per heavy atom. The van der Waals surface area contributed by atoms with Crippen LogP contribution in [0.1, 0.15) is 11.1 Å². The minimum Gasteiger partial charge on any atom is -0.318 e. The highest BCUT2D eigenvalue weighted by atomic mass is 19.1. The van der Waals surface area contributed by atoms with Crippen molar-refractivity contribution in [1.82, 2.24) is 10.6 Å². The van der Waals surface area contributed by atoms with E-state index >= 15 is 0 Å². The predicted molar refractivity (Wildman–Crippen MR) is 56.8 cm³/mol. The molecule has 0 fully saturated rings. The van der Waals surface area contributed by atoms with E-state index in [0.717, 1.165) is 24.2 Å². The molecule has 0 aliphatic carbocycles. The third kappa shape index (κ3) is 3.44. The van der Waals surface area contributed by atoms with Crippen LogP contribution < -0.4 is 10.6 Å². The highest BCUT2D eigenvalue weighted by Crippen LogP contribution is 2.08. The van der Waals surface area contributed by atoms with Gasteiger partial charge in [-0.15, -0.1) is 0 Å². The van der Waals surface area contributed by atoms with Gasteiger partial charge >= 0.3 is 0 Å². The number of likely N-dealkylation sites (N-methyl/N-ethyl adjacent to an activating group) is 1. The van der Waals surface area contributed by atoms with E-state index in [1.807, 2.05) is 26.1 Å². The van der Waals surface area contributed by atoms with Gasteiger partial charge in [0.05, 0.1) is 0 Å². The van der Waals surface area contributed by atoms with Crippen LogP contribution in [0.15, 0.2) is 18.2 Å². The molecule has 0 amide bonds. The van der Waals surface area contributed by atoms with Crippen molar-refractivity contribution < 1.29 is 4.39 Å². The van der Waals surface area contributed by atoms with Crippen molar-refractivity contribution in [1.29, 1.82) is 0 Å². The van der Waals surface area contributed by atoms with Crippen LogP contribution >= 0.6 is 0 Å². The molecule has 0 unspecified atom stereocenters. The third-order valence-electron chi connectivity index (χ3n) is 2.08. The van der Waals surface area contributed by atoms with E-state index < -0.39 is 0 Å². The summed E-state index contributed by atoms with van der Waals surface area (Å²) in [5.74, 6) is -0.123. The maximum Gasteiger partial charge on any atom is 0.127 e. The number of rotatable bonds is 5. The summed E-state index contributed by atoms with van der Waals surface area (Å²) in [6, 6.07) is 5.32. The van der Waals surface area contributed by atoms with E-state index in [1.54, 1.807) is 6.07 Å². The number of hydrogen-bond donors (Lipinski definition) is 2. The fourth-order valence-electron chi connectivity index (χ4n) is 1.23. The molecule has 14 heavy (non-hydrogen) atoms. The fourth-order valence-corrected chi connectivity index (χ4v) is 1.23. The monoisotopic (exact) mass is 196 g/mol. The molecule has 78 valence electrons. The second-order valence-electron chi connectivity index (χ2n) is 3.38. The van der Waals surface area contributed by atoms with Gasteiger partial charge in [0.25, 0.3) is 0 Å². The molecule has 0 saturated heterocycles. The Hall–Kier alpha value is -0.930. The Balaban J connectivity index is 2.42. The molecule has 0 spiro atoms. The molecule has 0 radical (unpaired) electrons. The molecular formula is C11H17FN2. The summed E-state index contributed by atoms with van der Waals surface area (Å²) in [6.45, 7) is 4.23. The quantitative estimate of drug-likeness (QED) is 0.696. The molecule has 2 N–H and O–H groups in total. The molecule has 0 aliphatic heterocycles.